The number of hydrogen-bond donors (Lipinski definition) is 1. The number of amides is 1. The first-order chi connectivity index (χ1) is 14.6. The second-order valence-electron chi connectivity index (χ2n) is 7.81. The van der Waals surface area contributed by atoms with E-state index in [1.165, 1.54) is 12.1 Å². The number of carbonyl (C=O) groups is 1. The molecule has 1 aliphatic rings. The van der Waals surface area contributed by atoms with Crippen LogP contribution in [0.4, 0.5) is 13.2 Å². The Morgan fingerprint density at radius 2 is 1.81 bits per heavy atom. The smallest absolute Gasteiger partial charge is 0.416 e. The zero-order chi connectivity index (χ0) is 22.3. The number of rotatable bonds is 3. The lowest BCUT2D eigenvalue weighted by atomic mass is 10.1. The molecule has 1 saturated heterocycles. The van der Waals surface area contributed by atoms with Gasteiger partial charge in [0, 0.05) is 45.4 Å². The molecule has 0 saturated carbocycles. The Morgan fingerprint density at radius 1 is 1.16 bits per heavy atom. The molecule has 0 bridgehead atoms. The molecule has 0 spiro atoms. The number of aromatic amines is 1. The third-order valence-corrected chi connectivity index (χ3v) is 5.65. The average molecular weight is 433 g/mol. The molecule has 1 aromatic carbocycles. The molecule has 6 nitrogen and oxygen atoms in total. The van der Waals surface area contributed by atoms with E-state index in [9.17, 15) is 22.8 Å². The number of alkyl halides is 3. The molecule has 3 aromatic rings. The number of halogens is 3. The van der Waals surface area contributed by atoms with Gasteiger partial charge in [-0.3, -0.25) is 9.59 Å². The van der Waals surface area contributed by atoms with Crippen molar-refractivity contribution in [1.29, 1.82) is 0 Å². The van der Waals surface area contributed by atoms with E-state index >= 15 is 0 Å². The molecule has 1 amide bonds. The summed E-state index contributed by atoms with van der Waals surface area (Å²) in [5.41, 5.74) is 0.947. The molecule has 0 atom stereocenters. The first-order valence-corrected chi connectivity index (χ1v) is 9.95. The summed E-state index contributed by atoms with van der Waals surface area (Å²) in [4.78, 5) is 29.8. The van der Waals surface area contributed by atoms with Crippen LogP contribution in [0.5, 0.6) is 5.75 Å². The third kappa shape index (κ3) is 4.04. The molecule has 4 rings (SSSR count). The SMILES string of the molecule is Cc1c[nH]c(=O)c2c(C(=O)N3CCC(Oc4ccc(C(F)(F)F)cc4)CC3)cn(C)c12. The maximum absolute atomic E-state index is 13.1. The molecular formula is C22H22F3N3O3. The van der Waals surface area contributed by atoms with Crippen LogP contribution in [0.3, 0.4) is 0 Å². The predicted octanol–water partition coefficient (Wildman–Crippen LogP) is 3.88. The van der Waals surface area contributed by atoms with E-state index in [1.807, 2.05) is 6.92 Å². The highest BCUT2D eigenvalue weighted by atomic mass is 19.4. The quantitative estimate of drug-likeness (QED) is 0.682. The van der Waals surface area contributed by atoms with Crippen molar-refractivity contribution >= 4 is 16.8 Å². The minimum absolute atomic E-state index is 0.195. The van der Waals surface area contributed by atoms with Gasteiger partial charge in [0.1, 0.15) is 11.9 Å². The fraction of sp³-hybridized carbons (Fsp3) is 0.364. The molecule has 2 aromatic heterocycles. The fourth-order valence-electron chi connectivity index (χ4n) is 4.07. The second kappa shape index (κ2) is 7.79. The van der Waals surface area contributed by atoms with E-state index in [-0.39, 0.29) is 17.6 Å². The number of likely N-dealkylation sites (tertiary alicyclic amines) is 1. The van der Waals surface area contributed by atoms with E-state index in [1.54, 1.807) is 28.9 Å². The molecule has 0 unspecified atom stereocenters. The van der Waals surface area contributed by atoms with E-state index in [0.29, 0.717) is 42.6 Å². The number of nitrogens with zero attached hydrogens (tertiary/aromatic N) is 2. The van der Waals surface area contributed by atoms with Crippen LogP contribution < -0.4 is 10.3 Å². The molecule has 1 N–H and O–H groups in total. The Hall–Kier alpha value is -3.23. The number of aromatic nitrogens is 2. The van der Waals surface area contributed by atoms with Gasteiger partial charge in [0.2, 0.25) is 0 Å². The summed E-state index contributed by atoms with van der Waals surface area (Å²) in [6, 6.07) is 4.61. The maximum Gasteiger partial charge on any atom is 0.416 e. The molecule has 164 valence electrons. The van der Waals surface area contributed by atoms with Gasteiger partial charge in [-0.2, -0.15) is 13.2 Å². The Balaban J connectivity index is 1.44. The highest BCUT2D eigenvalue weighted by Gasteiger charge is 2.31. The van der Waals surface area contributed by atoms with Crippen LogP contribution in [0.2, 0.25) is 0 Å². The maximum atomic E-state index is 13.1. The van der Waals surface area contributed by atoms with Crippen LogP contribution in [0.1, 0.15) is 34.3 Å². The van der Waals surface area contributed by atoms with Crippen molar-refractivity contribution in [2.45, 2.75) is 32.0 Å². The van der Waals surface area contributed by atoms with Crippen LogP contribution >= 0.6 is 0 Å². The van der Waals surface area contributed by atoms with Gasteiger partial charge < -0.3 is 19.2 Å². The summed E-state index contributed by atoms with van der Waals surface area (Å²) in [5, 5.41) is 0.385. The number of hydrogen-bond acceptors (Lipinski definition) is 3. The minimum Gasteiger partial charge on any atom is -0.490 e. The van der Waals surface area contributed by atoms with Gasteiger partial charge in [-0.05, 0) is 36.8 Å². The number of carbonyl (C=O) groups excluding carboxylic acids is 1. The van der Waals surface area contributed by atoms with Gasteiger partial charge in [0.25, 0.3) is 11.5 Å². The molecule has 1 aliphatic heterocycles. The van der Waals surface area contributed by atoms with Gasteiger partial charge >= 0.3 is 6.18 Å². The third-order valence-electron chi connectivity index (χ3n) is 5.65. The van der Waals surface area contributed by atoms with E-state index in [2.05, 4.69) is 4.98 Å². The summed E-state index contributed by atoms with van der Waals surface area (Å²) in [7, 11) is 1.80. The van der Waals surface area contributed by atoms with Crippen LogP contribution in [0, 0.1) is 6.92 Å². The molecule has 0 radical (unpaired) electrons. The Morgan fingerprint density at radius 3 is 2.42 bits per heavy atom. The number of ether oxygens (including phenoxy) is 1. The lowest BCUT2D eigenvalue weighted by Gasteiger charge is -2.32. The zero-order valence-electron chi connectivity index (χ0n) is 17.1. The topological polar surface area (TPSA) is 67.3 Å². The van der Waals surface area contributed by atoms with Gasteiger partial charge in [0.05, 0.1) is 22.0 Å². The highest BCUT2D eigenvalue weighted by Crippen LogP contribution is 2.31. The van der Waals surface area contributed by atoms with E-state index in [0.717, 1.165) is 23.2 Å². The van der Waals surface area contributed by atoms with Crippen LogP contribution in [0.15, 0.2) is 41.5 Å². The second-order valence-corrected chi connectivity index (χ2v) is 7.81. The van der Waals surface area contributed by atoms with Gasteiger partial charge in [-0.1, -0.05) is 0 Å². The molecule has 1 fully saturated rings. The van der Waals surface area contributed by atoms with Crippen molar-refractivity contribution in [1.82, 2.24) is 14.5 Å². The Kier molecular flexibility index (Phi) is 5.28. The summed E-state index contributed by atoms with van der Waals surface area (Å²) in [6.45, 7) is 2.74. The van der Waals surface area contributed by atoms with Crippen LogP contribution in [-0.4, -0.2) is 39.6 Å². The fourth-order valence-corrected chi connectivity index (χ4v) is 4.07. The van der Waals surface area contributed by atoms with Crippen LogP contribution in [-0.2, 0) is 13.2 Å². The lowest BCUT2D eigenvalue weighted by molar-refractivity contribution is -0.137. The van der Waals surface area contributed by atoms with Gasteiger partial charge in [0.15, 0.2) is 0 Å². The number of fused-ring (bicyclic) bond motifs is 1. The van der Waals surface area contributed by atoms with Crippen molar-refractivity contribution in [3.05, 3.63) is 63.7 Å². The summed E-state index contributed by atoms with van der Waals surface area (Å²) in [6.07, 6.45) is -0.173. The van der Waals surface area contributed by atoms with Crippen molar-refractivity contribution in [2.75, 3.05) is 13.1 Å². The lowest BCUT2D eigenvalue weighted by Crippen LogP contribution is -2.42. The number of piperidine rings is 1. The van der Waals surface area contributed by atoms with E-state index < -0.39 is 11.7 Å². The van der Waals surface area contributed by atoms with E-state index in [4.69, 9.17) is 4.74 Å². The summed E-state index contributed by atoms with van der Waals surface area (Å²) >= 11 is 0. The summed E-state index contributed by atoms with van der Waals surface area (Å²) < 4.78 is 45.6. The average Bonchev–Trinajstić information content (AvgIpc) is 3.09. The van der Waals surface area contributed by atoms with Crippen LogP contribution in [0.25, 0.3) is 10.9 Å². The molecule has 9 heteroatoms. The van der Waals surface area contributed by atoms with Gasteiger partial charge in [-0.15, -0.1) is 0 Å². The zero-order valence-corrected chi connectivity index (χ0v) is 17.1. The highest BCUT2D eigenvalue weighted by molar-refractivity contribution is 6.07. The largest absolute Gasteiger partial charge is 0.490 e. The Labute approximate surface area is 176 Å². The molecule has 3 heterocycles. The van der Waals surface area contributed by atoms with Crippen molar-refractivity contribution < 1.29 is 22.7 Å². The first-order valence-electron chi connectivity index (χ1n) is 9.95. The monoisotopic (exact) mass is 433 g/mol. The molecule has 31 heavy (non-hydrogen) atoms. The number of aryl methyl sites for hydroxylation is 2. The normalized spacial score (nSPS) is 15.5. The first kappa shape index (κ1) is 21.0. The number of pyridine rings is 1. The Bertz CT molecular complexity index is 1170. The summed E-state index contributed by atoms with van der Waals surface area (Å²) in [5.74, 6) is 0.156. The number of nitrogens with one attached hydrogen (secondary N) is 1. The number of H-pyrrole nitrogens is 1. The van der Waals surface area contributed by atoms with Crippen molar-refractivity contribution in [2.24, 2.45) is 7.05 Å². The van der Waals surface area contributed by atoms with Gasteiger partial charge in [-0.25, -0.2) is 0 Å². The standard InChI is InChI=1S/C22H22F3N3O3/c1-13-11-26-20(29)18-17(12-27(2)19(13)18)21(30)28-9-7-16(8-10-28)31-15-5-3-14(4-6-15)22(23,24)25/h3-6,11-12,16H,7-10H2,1-2H3,(H,26,29). The van der Waals surface area contributed by atoms with Crippen molar-refractivity contribution in [3.8, 4) is 5.75 Å². The molecular weight excluding hydrogens is 411 g/mol. The number of benzene rings is 1. The predicted molar refractivity (Wildman–Crippen MR) is 109 cm³/mol. The minimum atomic E-state index is -4.38. The van der Waals surface area contributed by atoms with Crippen molar-refractivity contribution in [3.63, 3.8) is 0 Å². The molecule has 0 aliphatic carbocycles.